The lowest BCUT2D eigenvalue weighted by Gasteiger charge is -2.18. The van der Waals surface area contributed by atoms with Gasteiger partial charge in [0.1, 0.15) is 0 Å². The van der Waals surface area contributed by atoms with Crippen LogP contribution in [0.5, 0.6) is 0 Å². The Kier molecular flexibility index (Phi) is 8.86. The Morgan fingerprint density at radius 2 is 1.19 bits per heavy atom. The Bertz CT molecular complexity index is 958. The van der Waals surface area contributed by atoms with E-state index in [9.17, 15) is 8.42 Å². The highest BCUT2D eigenvalue weighted by Crippen LogP contribution is 2.30. The Balaban J connectivity index is 1.38. The topological polar surface area (TPSA) is 43.4 Å². The molecule has 3 aromatic rings. The van der Waals surface area contributed by atoms with Gasteiger partial charge in [-0.25, -0.2) is 0 Å². The summed E-state index contributed by atoms with van der Waals surface area (Å²) in [5, 5.41) is 0. The third kappa shape index (κ3) is 7.34. The largest absolute Gasteiger partial charge is 0.296 e. The van der Waals surface area contributed by atoms with E-state index in [1.165, 1.54) is 11.1 Å². The molecule has 0 heterocycles. The predicted octanol–water partition coefficient (Wildman–Crippen LogP) is 6.87. The maximum atomic E-state index is 12.2. The second kappa shape index (κ2) is 11.8. The molecule has 164 valence electrons. The summed E-state index contributed by atoms with van der Waals surface area (Å²) in [4.78, 5) is 0.228. The molecule has 0 radical (unpaired) electrons. The molecule has 0 aliphatic carbocycles. The first-order valence-electron chi connectivity index (χ1n) is 11.1. The SMILES string of the molecule is Cc1ccc(S(=O)(=O)OCCCCCCCC(c2ccccc2)c2ccccc2)cc1. The zero-order valence-electron chi connectivity index (χ0n) is 18.2. The number of benzene rings is 3. The van der Waals surface area contributed by atoms with Crippen molar-refractivity contribution in [3.8, 4) is 0 Å². The molecule has 0 saturated carbocycles. The molecule has 4 heteroatoms. The third-order valence-corrected chi connectivity index (χ3v) is 6.92. The van der Waals surface area contributed by atoms with Crippen LogP contribution >= 0.6 is 0 Å². The van der Waals surface area contributed by atoms with E-state index in [1.807, 2.05) is 6.92 Å². The van der Waals surface area contributed by atoms with Crippen molar-refractivity contribution < 1.29 is 12.6 Å². The summed E-state index contributed by atoms with van der Waals surface area (Å²) in [6.07, 6.45) is 6.23. The van der Waals surface area contributed by atoms with E-state index < -0.39 is 10.1 Å². The number of rotatable bonds is 12. The molecule has 0 aromatic heterocycles. The highest BCUT2D eigenvalue weighted by atomic mass is 32.2. The lowest BCUT2D eigenvalue weighted by molar-refractivity contribution is 0.306. The van der Waals surface area contributed by atoms with Gasteiger partial charge in [-0.3, -0.25) is 4.18 Å². The van der Waals surface area contributed by atoms with Gasteiger partial charge in [0.05, 0.1) is 11.5 Å². The summed E-state index contributed by atoms with van der Waals surface area (Å²) < 4.78 is 29.6. The molecule has 0 atom stereocenters. The lowest BCUT2D eigenvalue weighted by atomic mass is 9.87. The van der Waals surface area contributed by atoms with Gasteiger partial charge in [0.15, 0.2) is 0 Å². The average Bonchev–Trinajstić information content (AvgIpc) is 2.79. The van der Waals surface area contributed by atoms with Crippen molar-refractivity contribution in [3.63, 3.8) is 0 Å². The molecule has 0 spiro atoms. The zero-order valence-corrected chi connectivity index (χ0v) is 19.1. The molecule has 3 nitrogen and oxygen atoms in total. The minimum Gasteiger partial charge on any atom is -0.266 e. The zero-order chi connectivity index (χ0) is 21.9. The Morgan fingerprint density at radius 3 is 1.77 bits per heavy atom. The predicted molar refractivity (Wildman–Crippen MR) is 127 cm³/mol. The van der Waals surface area contributed by atoms with Crippen molar-refractivity contribution in [2.45, 2.75) is 56.3 Å². The number of hydrogen-bond donors (Lipinski definition) is 0. The standard InChI is InChI=1S/C27H32O3S/c1-23-18-20-26(21-19-23)31(28,29)30-22-12-4-2-3-11-17-27(24-13-7-5-8-14-24)25-15-9-6-10-16-25/h5-10,13-16,18-21,27H,2-4,11-12,17,22H2,1H3. The maximum Gasteiger partial charge on any atom is 0.296 e. The Labute approximate surface area is 187 Å². The summed E-state index contributed by atoms with van der Waals surface area (Å²) >= 11 is 0. The van der Waals surface area contributed by atoms with Gasteiger partial charge < -0.3 is 0 Å². The molecular weight excluding hydrogens is 404 g/mol. The molecule has 0 amide bonds. The molecule has 0 saturated heterocycles. The van der Waals surface area contributed by atoms with Gasteiger partial charge in [-0.05, 0) is 43.0 Å². The fourth-order valence-electron chi connectivity index (χ4n) is 3.82. The molecule has 0 bridgehead atoms. The fraction of sp³-hybridized carbons (Fsp3) is 0.333. The Morgan fingerprint density at radius 1 is 0.677 bits per heavy atom. The van der Waals surface area contributed by atoms with Crippen molar-refractivity contribution in [2.24, 2.45) is 0 Å². The van der Waals surface area contributed by atoms with E-state index in [1.54, 1.807) is 24.3 Å². The summed E-state index contributed by atoms with van der Waals surface area (Å²) in [5.41, 5.74) is 3.76. The van der Waals surface area contributed by atoms with Crippen LogP contribution in [0.1, 0.15) is 61.1 Å². The van der Waals surface area contributed by atoms with Gasteiger partial charge in [-0.1, -0.05) is 104 Å². The summed E-state index contributed by atoms with van der Waals surface area (Å²) in [6, 6.07) is 28.2. The van der Waals surface area contributed by atoms with Gasteiger partial charge in [0.25, 0.3) is 10.1 Å². The monoisotopic (exact) mass is 436 g/mol. The maximum absolute atomic E-state index is 12.2. The van der Waals surface area contributed by atoms with Gasteiger partial charge in [-0.2, -0.15) is 8.42 Å². The van der Waals surface area contributed by atoms with E-state index in [-0.39, 0.29) is 11.5 Å². The summed E-state index contributed by atoms with van der Waals surface area (Å²) in [6.45, 7) is 2.17. The van der Waals surface area contributed by atoms with Crippen LogP contribution in [0.25, 0.3) is 0 Å². The quantitative estimate of drug-likeness (QED) is 0.230. The second-order valence-corrected chi connectivity index (χ2v) is 9.63. The Hall–Kier alpha value is -2.43. The van der Waals surface area contributed by atoms with Crippen LogP contribution in [-0.4, -0.2) is 15.0 Å². The first-order chi connectivity index (χ1) is 15.1. The summed E-state index contributed by atoms with van der Waals surface area (Å²) in [7, 11) is -3.65. The molecule has 0 aliphatic heterocycles. The van der Waals surface area contributed by atoms with Crippen molar-refractivity contribution in [2.75, 3.05) is 6.61 Å². The fourth-order valence-corrected chi connectivity index (χ4v) is 4.76. The van der Waals surface area contributed by atoms with E-state index >= 15 is 0 Å². The van der Waals surface area contributed by atoms with E-state index in [0.717, 1.165) is 44.1 Å². The molecule has 3 aromatic carbocycles. The highest BCUT2D eigenvalue weighted by Gasteiger charge is 2.15. The first kappa shape index (κ1) is 23.2. The highest BCUT2D eigenvalue weighted by molar-refractivity contribution is 7.86. The second-order valence-electron chi connectivity index (χ2n) is 8.02. The smallest absolute Gasteiger partial charge is 0.266 e. The van der Waals surface area contributed by atoms with E-state index in [2.05, 4.69) is 60.7 Å². The van der Waals surface area contributed by atoms with Crippen molar-refractivity contribution in [1.29, 1.82) is 0 Å². The van der Waals surface area contributed by atoms with Crippen molar-refractivity contribution in [3.05, 3.63) is 102 Å². The van der Waals surface area contributed by atoms with Crippen LogP contribution in [0.2, 0.25) is 0 Å². The van der Waals surface area contributed by atoms with Crippen LogP contribution in [0.4, 0.5) is 0 Å². The minimum absolute atomic E-state index is 0.228. The third-order valence-electron chi connectivity index (χ3n) is 5.59. The van der Waals surface area contributed by atoms with Crippen LogP contribution in [0.3, 0.4) is 0 Å². The minimum atomic E-state index is -3.65. The number of unbranched alkanes of at least 4 members (excludes halogenated alkanes) is 4. The van der Waals surface area contributed by atoms with Crippen LogP contribution in [-0.2, 0) is 14.3 Å². The number of hydrogen-bond acceptors (Lipinski definition) is 3. The van der Waals surface area contributed by atoms with Crippen LogP contribution in [0.15, 0.2) is 89.8 Å². The summed E-state index contributed by atoms with van der Waals surface area (Å²) in [5.74, 6) is 0.422. The van der Waals surface area contributed by atoms with Gasteiger partial charge >= 0.3 is 0 Å². The molecule has 0 aliphatic rings. The van der Waals surface area contributed by atoms with Crippen molar-refractivity contribution in [1.82, 2.24) is 0 Å². The van der Waals surface area contributed by atoms with Gasteiger partial charge in [0, 0.05) is 5.92 Å². The number of aryl methyl sites for hydroxylation is 1. The van der Waals surface area contributed by atoms with Gasteiger partial charge in [-0.15, -0.1) is 0 Å². The molecule has 3 rings (SSSR count). The molecular formula is C27H32O3S. The van der Waals surface area contributed by atoms with Crippen molar-refractivity contribution >= 4 is 10.1 Å². The van der Waals surface area contributed by atoms with Crippen LogP contribution in [0, 0.1) is 6.92 Å². The van der Waals surface area contributed by atoms with E-state index in [4.69, 9.17) is 4.18 Å². The molecule has 0 N–H and O–H groups in total. The average molecular weight is 437 g/mol. The molecule has 0 fully saturated rings. The van der Waals surface area contributed by atoms with Crippen LogP contribution < -0.4 is 0 Å². The lowest BCUT2D eigenvalue weighted by Crippen LogP contribution is -2.07. The molecule has 31 heavy (non-hydrogen) atoms. The first-order valence-corrected chi connectivity index (χ1v) is 12.5. The molecule has 0 unspecified atom stereocenters. The van der Waals surface area contributed by atoms with E-state index in [0.29, 0.717) is 5.92 Å². The normalized spacial score (nSPS) is 11.7. The van der Waals surface area contributed by atoms with Gasteiger partial charge in [0.2, 0.25) is 0 Å².